The summed E-state index contributed by atoms with van der Waals surface area (Å²) in [6.45, 7) is 5.86. The van der Waals surface area contributed by atoms with E-state index in [1.807, 2.05) is 6.07 Å². The molecule has 0 radical (unpaired) electrons. The molecule has 156 valence electrons. The molecule has 0 atom stereocenters. The van der Waals surface area contributed by atoms with Crippen LogP contribution >= 0.6 is 0 Å². The maximum absolute atomic E-state index is 11.2. The van der Waals surface area contributed by atoms with Crippen molar-refractivity contribution in [1.29, 1.82) is 0 Å². The largest absolute Gasteiger partial charge is 0.496 e. The van der Waals surface area contributed by atoms with Gasteiger partial charge in [0.1, 0.15) is 12.4 Å². The van der Waals surface area contributed by atoms with Crippen molar-refractivity contribution in [1.82, 2.24) is 9.80 Å². The molecular formula is C22H29N3O4. The summed E-state index contributed by atoms with van der Waals surface area (Å²) in [6.07, 6.45) is 2.08. The molecule has 0 unspecified atom stereocenters. The van der Waals surface area contributed by atoms with E-state index >= 15 is 0 Å². The standard InChI is InChI=1S/C22H29N3O4/c1-23-12-14-24(15-13-23)11-5-6-18-9-10-21(28-2)19(16-18)17-29-22-8-4-3-7-20(22)25(26)27/h3-4,7-10,16H,5-6,11-15,17H2,1-2H3. The van der Waals surface area contributed by atoms with Gasteiger partial charge in [-0.25, -0.2) is 0 Å². The number of piperazine rings is 1. The third kappa shape index (κ3) is 5.92. The number of benzene rings is 2. The number of ether oxygens (including phenoxy) is 2. The van der Waals surface area contributed by atoms with Gasteiger partial charge >= 0.3 is 5.69 Å². The van der Waals surface area contributed by atoms with E-state index in [-0.39, 0.29) is 18.0 Å². The van der Waals surface area contributed by atoms with Gasteiger partial charge in [0.2, 0.25) is 0 Å². The molecule has 2 aromatic rings. The molecule has 1 heterocycles. The molecule has 1 fully saturated rings. The summed E-state index contributed by atoms with van der Waals surface area (Å²) >= 11 is 0. The first-order chi connectivity index (χ1) is 14.1. The summed E-state index contributed by atoms with van der Waals surface area (Å²) in [5.41, 5.74) is 2.08. The number of methoxy groups -OCH3 is 1. The summed E-state index contributed by atoms with van der Waals surface area (Å²) in [4.78, 5) is 15.6. The van der Waals surface area contributed by atoms with Gasteiger partial charge in [0.15, 0.2) is 5.75 Å². The van der Waals surface area contributed by atoms with Crippen molar-refractivity contribution in [2.24, 2.45) is 0 Å². The molecule has 29 heavy (non-hydrogen) atoms. The van der Waals surface area contributed by atoms with Gasteiger partial charge < -0.3 is 19.3 Å². The average Bonchev–Trinajstić information content (AvgIpc) is 2.74. The Labute approximate surface area is 172 Å². The van der Waals surface area contributed by atoms with Gasteiger partial charge in [-0.1, -0.05) is 18.2 Å². The van der Waals surface area contributed by atoms with Crippen molar-refractivity contribution in [3.63, 3.8) is 0 Å². The molecular weight excluding hydrogens is 370 g/mol. The molecule has 0 aliphatic carbocycles. The predicted octanol–water partition coefficient (Wildman–Crippen LogP) is 3.36. The van der Waals surface area contributed by atoms with Gasteiger partial charge in [-0.3, -0.25) is 10.1 Å². The molecule has 0 saturated carbocycles. The molecule has 3 rings (SSSR count). The van der Waals surface area contributed by atoms with Crippen molar-refractivity contribution in [2.45, 2.75) is 19.4 Å². The number of rotatable bonds is 9. The molecule has 0 aromatic heterocycles. The number of nitro benzene ring substituents is 1. The Balaban J connectivity index is 1.59. The van der Waals surface area contributed by atoms with E-state index in [9.17, 15) is 10.1 Å². The second-order valence-electron chi connectivity index (χ2n) is 7.41. The van der Waals surface area contributed by atoms with Gasteiger partial charge in [-0.05, 0) is 50.2 Å². The van der Waals surface area contributed by atoms with Gasteiger partial charge in [0.05, 0.1) is 12.0 Å². The molecule has 0 bridgehead atoms. The van der Waals surface area contributed by atoms with E-state index < -0.39 is 4.92 Å². The van der Waals surface area contributed by atoms with Crippen molar-refractivity contribution in [3.05, 3.63) is 63.7 Å². The average molecular weight is 399 g/mol. The Bertz CT molecular complexity index is 819. The zero-order valence-corrected chi connectivity index (χ0v) is 17.2. The number of nitrogens with zero attached hydrogens (tertiary/aromatic N) is 3. The zero-order valence-electron chi connectivity index (χ0n) is 17.2. The van der Waals surface area contributed by atoms with E-state index in [0.717, 1.165) is 56.9 Å². The highest BCUT2D eigenvalue weighted by Crippen LogP contribution is 2.28. The monoisotopic (exact) mass is 399 g/mol. The lowest BCUT2D eigenvalue weighted by molar-refractivity contribution is -0.385. The maximum Gasteiger partial charge on any atom is 0.310 e. The summed E-state index contributed by atoms with van der Waals surface area (Å²) in [7, 11) is 3.79. The van der Waals surface area contributed by atoms with E-state index in [2.05, 4.69) is 29.0 Å². The van der Waals surface area contributed by atoms with Crippen LogP contribution in [-0.2, 0) is 13.0 Å². The Morgan fingerprint density at radius 1 is 1.07 bits per heavy atom. The third-order valence-corrected chi connectivity index (χ3v) is 5.33. The Morgan fingerprint density at radius 3 is 2.55 bits per heavy atom. The minimum absolute atomic E-state index is 0.0326. The first-order valence-electron chi connectivity index (χ1n) is 9.99. The zero-order chi connectivity index (χ0) is 20.6. The van der Waals surface area contributed by atoms with E-state index in [1.54, 1.807) is 25.3 Å². The van der Waals surface area contributed by atoms with Crippen molar-refractivity contribution in [3.8, 4) is 11.5 Å². The van der Waals surface area contributed by atoms with Crippen LogP contribution in [0, 0.1) is 10.1 Å². The Hall–Kier alpha value is -2.64. The number of hydrogen-bond acceptors (Lipinski definition) is 6. The van der Waals surface area contributed by atoms with Crippen LogP contribution < -0.4 is 9.47 Å². The first-order valence-corrected chi connectivity index (χ1v) is 9.99. The summed E-state index contributed by atoms with van der Waals surface area (Å²) < 4.78 is 11.2. The van der Waals surface area contributed by atoms with Crippen molar-refractivity contribution >= 4 is 5.69 Å². The molecule has 2 aromatic carbocycles. The minimum atomic E-state index is -0.429. The van der Waals surface area contributed by atoms with Crippen LogP contribution in [0.25, 0.3) is 0 Å². The van der Waals surface area contributed by atoms with Crippen LogP contribution in [0.4, 0.5) is 5.69 Å². The maximum atomic E-state index is 11.2. The molecule has 0 spiro atoms. The fraction of sp³-hybridized carbons (Fsp3) is 0.455. The second-order valence-corrected chi connectivity index (χ2v) is 7.41. The van der Waals surface area contributed by atoms with E-state index in [0.29, 0.717) is 0 Å². The van der Waals surface area contributed by atoms with Crippen LogP contribution in [0.2, 0.25) is 0 Å². The summed E-state index contributed by atoms with van der Waals surface area (Å²) in [6, 6.07) is 12.5. The topological polar surface area (TPSA) is 68.1 Å². The fourth-order valence-electron chi connectivity index (χ4n) is 3.56. The minimum Gasteiger partial charge on any atom is -0.496 e. The molecule has 1 aliphatic heterocycles. The lowest BCUT2D eigenvalue weighted by Crippen LogP contribution is -2.44. The number of para-hydroxylation sites is 2. The smallest absolute Gasteiger partial charge is 0.310 e. The highest BCUT2D eigenvalue weighted by Gasteiger charge is 2.15. The Kier molecular flexibility index (Phi) is 7.43. The third-order valence-electron chi connectivity index (χ3n) is 5.33. The van der Waals surface area contributed by atoms with Crippen molar-refractivity contribution in [2.75, 3.05) is 46.9 Å². The van der Waals surface area contributed by atoms with Crippen LogP contribution in [-0.4, -0.2) is 61.6 Å². The quantitative estimate of drug-likeness (QED) is 0.476. The summed E-state index contributed by atoms with van der Waals surface area (Å²) in [5.74, 6) is 0.992. The van der Waals surface area contributed by atoms with Gasteiger partial charge in [0, 0.05) is 37.8 Å². The van der Waals surface area contributed by atoms with Crippen LogP contribution in [0.1, 0.15) is 17.5 Å². The summed E-state index contributed by atoms with van der Waals surface area (Å²) in [5, 5.41) is 11.2. The molecule has 1 saturated heterocycles. The lowest BCUT2D eigenvalue weighted by Gasteiger charge is -2.32. The van der Waals surface area contributed by atoms with Crippen molar-refractivity contribution < 1.29 is 14.4 Å². The molecule has 0 amide bonds. The molecule has 7 nitrogen and oxygen atoms in total. The SMILES string of the molecule is COc1ccc(CCCN2CCN(C)CC2)cc1COc1ccccc1[N+](=O)[O-]. The number of nitro groups is 1. The number of hydrogen-bond donors (Lipinski definition) is 0. The number of likely N-dealkylation sites (N-methyl/N-ethyl adjacent to an activating group) is 1. The second kappa shape index (κ2) is 10.2. The van der Waals surface area contributed by atoms with Crippen LogP contribution in [0.5, 0.6) is 11.5 Å². The first kappa shape index (κ1) is 21.1. The van der Waals surface area contributed by atoms with Gasteiger partial charge in [-0.2, -0.15) is 0 Å². The van der Waals surface area contributed by atoms with Gasteiger partial charge in [0.25, 0.3) is 0 Å². The van der Waals surface area contributed by atoms with E-state index in [1.165, 1.54) is 11.6 Å². The molecule has 1 aliphatic rings. The lowest BCUT2D eigenvalue weighted by atomic mass is 10.1. The Morgan fingerprint density at radius 2 is 1.83 bits per heavy atom. The van der Waals surface area contributed by atoms with Gasteiger partial charge in [-0.15, -0.1) is 0 Å². The fourth-order valence-corrected chi connectivity index (χ4v) is 3.56. The van der Waals surface area contributed by atoms with Crippen LogP contribution in [0.3, 0.4) is 0 Å². The highest BCUT2D eigenvalue weighted by atomic mass is 16.6. The molecule has 0 N–H and O–H groups in total. The highest BCUT2D eigenvalue weighted by molar-refractivity contribution is 5.46. The predicted molar refractivity (Wildman–Crippen MR) is 113 cm³/mol. The van der Waals surface area contributed by atoms with E-state index in [4.69, 9.17) is 9.47 Å². The number of aryl methyl sites for hydroxylation is 1. The molecule has 7 heteroatoms. The normalized spacial score (nSPS) is 15.2. The van der Waals surface area contributed by atoms with Crippen LogP contribution in [0.15, 0.2) is 42.5 Å².